The summed E-state index contributed by atoms with van der Waals surface area (Å²) in [4.78, 5) is 2.13. The molecule has 0 bridgehead atoms. The van der Waals surface area contributed by atoms with Crippen LogP contribution in [-0.4, -0.2) is 24.7 Å². The Balaban J connectivity index is 4.29. The zero-order valence-corrected chi connectivity index (χ0v) is 10.4. The maximum Gasteiger partial charge on any atom is 0.0560 e. The molecule has 86 valence electrons. The minimum absolute atomic E-state index is 0.282. The van der Waals surface area contributed by atoms with Gasteiger partial charge in [-0.05, 0) is 32.8 Å². The summed E-state index contributed by atoms with van der Waals surface area (Å²) >= 11 is 0. The third kappa shape index (κ3) is 6.13. The van der Waals surface area contributed by atoms with E-state index in [0.29, 0.717) is 0 Å². The van der Waals surface area contributed by atoms with Crippen LogP contribution < -0.4 is 0 Å². The van der Waals surface area contributed by atoms with E-state index in [1.807, 2.05) is 19.9 Å². The second-order valence-corrected chi connectivity index (χ2v) is 3.84. The molecule has 0 aliphatic rings. The Labute approximate surface area is 93.9 Å². The Morgan fingerprint density at radius 2 is 2.07 bits per heavy atom. The summed E-state index contributed by atoms with van der Waals surface area (Å²) in [6, 6.07) is 0. The van der Waals surface area contributed by atoms with Crippen molar-refractivity contribution in [2.45, 2.75) is 33.3 Å². The van der Waals surface area contributed by atoms with E-state index >= 15 is 0 Å². The van der Waals surface area contributed by atoms with Crippen molar-refractivity contribution in [1.82, 2.24) is 4.90 Å². The summed E-state index contributed by atoms with van der Waals surface area (Å²) in [5.41, 5.74) is 2.18. The standard InChI is InChI=1S/C13H23NO/c1-7-12(4)10-14(11(2)3)9-8-13(5)15-6/h7,10,13H,1-2,8-9H2,3-6H3/b12-10-. The molecule has 0 aromatic rings. The van der Waals surface area contributed by atoms with Gasteiger partial charge in [-0.15, -0.1) is 0 Å². The molecule has 1 atom stereocenters. The SMILES string of the molecule is C=C/C(C)=C\N(CCC(C)OC)C(=C)C. The van der Waals surface area contributed by atoms with Gasteiger partial charge >= 0.3 is 0 Å². The molecular weight excluding hydrogens is 186 g/mol. The van der Waals surface area contributed by atoms with Crippen molar-refractivity contribution in [3.8, 4) is 0 Å². The fourth-order valence-electron chi connectivity index (χ4n) is 1.10. The topological polar surface area (TPSA) is 12.5 Å². The Kier molecular flexibility index (Phi) is 6.80. The van der Waals surface area contributed by atoms with Crippen LogP contribution in [0.2, 0.25) is 0 Å². The summed E-state index contributed by atoms with van der Waals surface area (Å²) in [6.45, 7) is 14.7. The fourth-order valence-corrected chi connectivity index (χ4v) is 1.10. The predicted octanol–water partition coefficient (Wildman–Crippen LogP) is 3.34. The molecule has 0 radical (unpaired) electrons. The maximum atomic E-state index is 5.21. The monoisotopic (exact) mass is 209 g/mol. The number of ether oxygens (including phenoxy) is 1. The van der Waals surface area contributed by atoms with Crippen molar-refractivity contribution < 1.29 is 4.74 Å². The quantitative estimate of drug-likeness (QED) is 0.596. The summed E-state index contributed by atoms with van der Waals surface area (Å²) in [7, 11) is 1.74. The molecule has 0 aliphatic heterocycles. The second-order valence-electron chi connectivity index (χ2n) is 3.84. The fraction of sp³-hybridized carbons (Fsp3) is 0.538. The lowest BCUT2D eigenvalue weighted by Gasteiger charge is -2.22. The smallest absolute Gasteiger partial charge is 0.0560 e. The van der Waals surface area contributed by atoms with E-state index in [2.05, 4.69) is 31.2 Å². The van der Waals surface area contributed by atoms with Gasteiger partial charge in [-0.1, -0.05) is 19.2 Å². The summed E-state index contributed by atoms with van der Waals surface area (Å²) in [5, 5.41) is 0. The molecule has 0 aliphatic carbocycles. The van der Waals surface area contributed by atoms with Gasteiger partial charge < -0.3 is 9.64 Å². The maximum absolute atomic E-state index is 5.21. The first-order valence-electron chi connectivity index (χ1n) is 5.27. The van der Waals surface area contributed by atoms with E-state index in [1.165, 1.54) is 0 Å². The average molecular weight is 209 g/mol. The van der Waals surface area contributed by atoms with Crippen LogP contribution in [0.5, 0.6) is 0 Å². The Bertz CT molecular complexity index is 243. The van der Waals surface area contributed by atoms with Gasteiger partial charge in [0.1, 0.15) is 0 Å². The van der Waals surface area contributed by atoms with Crippen LogP contribution in [0.25, 0.3) is 0 Å². The third-order valence-electron chi connectivity index (χ3n) is 2.35. The van der Waals surface area contributed by atoms with E-state index in [4.69, 9.17) is 4.74 Å². The summed E-state index contributed by atoms with van der Waals surface area (Å²) in [6.07, 6.45) is 5.18. The highest BCUT2D eigenvalue weighted by atomic mass is 16.5. The molecule has 0 saturated carbocycles. The molecular formula is C13H23NO. The number of hydrogen-bond donors (Lipinski definition) is 0. The Morgan fingerprint density at radius 3 is 2.47 bits per heavy atom. The molecule has 0 aromatic heterocycles. The molecule has 0 N–H and O–H groups in total. The van der Waals surface area contributed by atoms with Gasteiger partial charge in [0.2, 0.25) is 0 Å². The lowest BCUT2D eigenvalue weighted by Crippen LogP contribution is -2.20. The molecule has 0 amide bonds. The zero-order valence-electron chi connectivity index (χ0n) is 10.4. The van der Waals surface area contributed by atoms with Gasteiger partial charge in [0.15, 0.2) is 0 Å². The van der Waals surface area contributed by atoms with Crippen LogP contribution >= 0.6 is 0 Å². The molecule has 0 spiro atoms. The highest BCUT2D eigenvalue weighted by molar-refractivity contribution is 5.14. The predicted molar refractivity (Wildman–Crippen MR) is 66.6 cm³/mol. The van der Waals surface area contributed by atoms with Gasteiger partial charge in [0.05, 0.1) is 6.10 Å². The Morgan fingerprint density at radius 1 is 1.47 bits per heavy atom. The van der Waals surface area contributed by atoms with E-state index < -0.39 is 0 Å². The number of methoxy groups -OCH3 is 1. The Hall–Kier alpha value is -1.02. The van der Waals surface area contributed by atoms with E-state index in [1.54, 1.807) is 7.11 Å². The normalized spacial score (nSPS) is 13.5. The van der Waals surface area contributed by atoms with Gasteiger partial charge in [-0.25, -0.2) is 0 Å². The van der Waals surface area contributed by atoms with E-state index in [9.17, 15) is 0 Å². The van der Waals surface area contributed by atoms with E-state index in [-0.39, 0.29) is 6.10 Å². The molecule has 0 aromatic carbocycles. The molecule has 1 unspecified atom stereocenters. The second kappa shape index (κ2) is 7.30. The van der Waals surface area contributed by atoms with Crippen molar-refractivity contribution in [3.05, 3.63) is 36.7 Å². The lowest BCUT2D eigenvalue weighted by atomic mass is 10.2. The molecule has 0 saturated heterocycles. The van der Waals surface area contributed by atoms with Crippen LogP contribution in [0.15, 0.2) is 36.7 Å². The first kappa shape index (κ1) is 14.0. The first-order chi connectivity index (χ1) is 7.01. The number of allylic oxidation sites excluding steroid dienone is 3. The first-order valence-corrected chi connectivity index (χ1v) is 5.27. The van der Waals surface area contributed by atoms with Crippen molar-refractivity contribution in [3.63, 3.8) is 0 Å². The minimum atomic E-state index is 0.282. The number of nitrogens with zero attached hydrogens (tertiary/aromatic N) is 1. The van der Waals surface area contributed by atoms with Crippen molar-refractivity contribution in [1.29, 1.82) is 0 Å². The van der Waals surface area contributed by atoms with Gasteiger partial charge in [-0.2, -0.15) is 0 Å². The minimum Gasteiger partial charge on any atom is -0.382 e. The zero-order chi connectivity index (χ0) is 11.8. The van der Waals surface area contributed by atoms with Crippen molar-refractivity contribution in [2.75, 3.05) is 13.7 Å². The largest absolute Gasteiger partial charge is 0.382 e. The number of hydrogen-bond acceptors (Lipinski definition) is 2. The highest BCUT2D eigenvalue weighted by Crippen LogP contribution is 2.08. The van der Waals surface area contributed by atoms with Crippen LogP contribution in [0, 0.1) is 0 Å². The van der Waals surface area contributed by atoms with Crippen LogP contribution in [0.4, 0.5) is 0 Å². The molecule has 2 nitrogen and oxygen atoms in total. The third-order valence-corrected chi connectivity index (χ3v) is 2.35. The van der Waals surface area contributed by atoms with Crippen molar-refractivity contribution in [2.24, 2.45) is 0 Å². The van der Waals surface area contributed by atoms with E-state index in [0.717, 1.165) is 24.2 Å². The van der Waals surface area contributed by atoms with Gasteiger partial charge in [0, 0.05) is 25.6 Å². The van der Waals surface area contributed by atoms with Crippen LogP contribution in [-0.2, 0) is 4.74 Å². The highest BCUT2D eigenvalue weighted by Gasteiger charge is 2.04. The molecule has 0 rings (SSSR count). The van der Waals surface area contributed by atoms with Crippen LogP contribution in [0.1, 0.15) is 27.2 Å². The summed E-state index contributed by atoms with van der Waals surface area (Å²) in [5.74, 6) is 0. The molecule has 15 heavy (non-hydrogen) atoms. The molecule has 2 heteroatoms. The van der Waals surface area contributed by atoms with Gasteiger partial charge in [0.25, 0.3) is 0 Å². The average Bonchev–Trinajstić information content (AvgIpc) is 2.22. The van der Waals surface area contributed by atoms with Gasteiger partial charge in [-0.3, -0.25) is 0 Å². The molecule has 0 fully saturated rings. The molecule has 0 heterocycles. The van der Waals surface area contributed by atoms with Crippen LogP contribution in [0.3, 0.4) is 0 Å². The lowest BCUT2D eigenvalue weighted by molar-refractivity contribution is 0.105. The van der Waals surface area contributed by atoms with Crippen molar-refractivity contribution >= 4 is 0 Å². The number of rotatable bonds is 7. The summed E-state index contributed by atoms with van der Waals surface area (Å²) < 4.78 is 5.21.